The Labute approximate surface area is 81.5 Å². The van der Waals surface area contributed by atoms with Gasteiger partial charge in [-0.3, -0.25) is 0 Å². The first kappa shape index (κ1) is 9.55. The van der Waals surface area contributed by atoms with Gasteiger partial charge in [0, 0.05) is 24.6 Å². The van der Waals surface area contributed by atoms with Gasteiger partial charge in [0.25, 0.3) is 0 Å². The van der Waals surface area contributed by atoms with Crippen LogP contribution in [-0.4, -0.2) is 20.1 Å². The second-order valence-electron chi connectivity index (χ2n) is 2.66. The topological polar surface area (TPSA) is 29.3 Å². The van der Waals surface area contributed by atoms with Gasteiger partial charge in [-0.15, -0.1) is 0 Å². The van der Waals surface area contributed by atoms with Gasteiger partial charge in [0.2, 0.25) is 0 Å². The summed E-state index contributed by atoms with van der Waals surface area (Å²) in [5, 5.41) is 0. The summed E-state index contributed by atoms with van der Waals surface area (Å²) in [5.74, 6) is 0. The zero-order valence-electron chi connectivity index (χ0n) is 7.13. The number of hydrogen-bond donors (Lipinski definition) is 1. The van der Waals surface area contributed by atoms with Crippen LogP contribution in [0.25, 0.3) is 0 Å². The van der Waals surface area contributed by atoms with Crippen molar-refractivity contribution in [2.45, 2.75) is 0 Å². The fourth-order valence-corrected chi connectivity index (χ4v) is 1.66. The zero-order chi connectivity index (χ0) is 8.97. The van der Waals surface area contributed by atoms with Gasteiger partial charge in [-0.1, -0.05) is 12.1 Å². The summed E-state index contributed by atoms with van der Waals surface area (Å²) >= 11 is 3.48. The van der Waals surface area contributed by atoms with Gasteiger partial charge in [-0.05, 0) is 28.1 Å². The minimum absolute atomic E-state index is 0.678. The Bertz CT molecular complexity index is 250. The number of nitrogens with two attached hydrogens (primary N) is 1. The number of nitrogens with zero attached hydrogens (tertiary/aromatic N) is 1. The Morgan fingerprint density at radius 2 is 2.08 bits per heavy atom. The molecular formula is C9H13BrN2. The van der Waals surface area contributed by atoms with Crippen molar-refractivity contribution in [2.24, 2.45) is 5.73 Å². The highest BCUT2D eigenvalue weighted by Gasteiger charge is 2.02. The standard InChI is InChI=1S/C9H13BrN2/c1-12(7-6-11)9-5-3-2-4-8(9)10/h2-5H,6-7,11H2,1H3. The van der Waals surface area contributed by atoms with Crippen molar-refractivity contribution in [3.05, 3.63) is 28.7 Å². The molecule has 0 radical (unpaired) electrons. The molecule has 0 saturated heterocycles. The van der Waals surface area contributed by atoms with Gasteiger partial charge in [-0.2, -0.15) is 0 Å². The van der Waals surface area contributed by atoms with Crippen molar-refractivity contribution < 1.29 is 0 Å². The van der Waals surface area contributed by atoms with E-state index in [1.165, 1.54) is 5.69 Å². The predicted octanol–water partition coefficient (Wildman–Crippen LogP) is 1.84. The fraction of sp³-hybridized carbons (Fsp3) is 0.333. The van der Waals surface area contributed by atoms with Crippen LogP contribution in [0.3, 0.4) is 0 Å². The molecule has 0 aromatic heterocycles. The van der Waals surface area contributed by atoms with E-state index in [1.807, 2.05) is 25.2 Å². The van der Waals surface area contributed by atoms with Gasteiger partial charge in [-0.25, -0.2) is 0 Å². The summed E-state index contributed by atoms with van der Waals surface area (Å²) in [7, 11) is 2.03. The zero-order valence-corrected chi connectivity index (χ0v) is 8.71. The van der Waals surface area contributed by atoms with Crippen LogP contribution in [0.5, 0.6) is 0 Å². The van der Waals surface area contributed by atoms with Crippen molar-refractivity contribution in [1.29, 1.82) is 0 Å². The number of para-hydroxylation sites is 1. The molecule has 0 heterocycles. The minimum Gasteiger partial charge on any atom is -0.372 e. The van der Waals surface area contributed by atoms with E-state index in [-0.39, 0.29) is 0 Å². The molecule has 0 aliphatic carbocycles. The van der Waals surface area contributed by atoms with Gasteiger partial charge in [0.1, 0.15) is 0 Å². The van der Waals surface area contributed by atoms with E-state index in [9.17, 15) is 0 Å². The van der Waals surface area contributed by atoms with E-state index in [0.717, 1.165) is 11.0 Å². The van der Waals surface area contributed by atoms with Gasteiger partial charge < -0.3 is 10.6 Å². The minimum atomic E-state index is 0.678. The van der Waals surface area contributed by atoms with Crippen molar-refractivity contribution in [2.75, 3.05) is 25.0 Å². The molecule has 0 bridgehead atoms. The molecule has 2 nitrogen and oxygen atoms in total. The molecule has 0 amide bonds. The Kier molecular flexibility index (Phi) is 3.56. The normalized spacial score (nSPS) is 9.92. The van der Waals surface area contributed by atoms with E-state index >= 15 is 0 Å². The van der Waals surface area contributed by atoms with Crippen LogP contribution in [0.2, 0.25) is 0 Å². The maximum absolute atomic E-state index is 5.46. The molecule has 0 unspecified atom stereocenters. The second-order valence-corrected chi connectivity index (χ2v) is 3.52. The van der Waals surface area contributed by atoms with Crippen LogP contribution in [0.15, 0.2) is 28.7 Å². The second kappa shape index (κ2) is 4.48. The van der Waals surface area contributed by atoms with Crippen molar-refractivity contribution >= 4 is 21.6 Å². The van der Waals surface area contributed by atoms with Crippen LogP contribution in [0.4, 0.5) is 5.69 Å². The molecule has 0 spiro atoms. The summed E-state index contributed by atoms with van der Waals surface area (Å²) in [4.78, 5) is 2.13. The highest BCUT2D eigenvalue weighted by Crippen LogP contribution is 2.23. The van der Waals surface area contributed by atoms with E-state index < -0.39 is 0 Å². The maximum Gasteiger partial charge on any atom is 0.0508 e. The van der Waals surface area contributed by atoms with E-state index in [0.29, 0.717) is 6.54 Å². The van der Waals surface area contributed by atoms with Gasteiger partial charge in [0.05, 0.1) is 5.69 Å². The Balaban J connectivity index is 2.79. The van der Waals surface area contributed by atoms with Crippen molar-refractivity contribution in [1.82, 2.24) is 0 Å². The van der Waals surface area contributed by atoms with Crippen LogP contribution in [-0.2, 0) is 0 Å². The predicted molar refractivity (Wildman–Crippen MR) is 56.5 cm³/mol. The fourth-order valence-electron chi connectivity index (χ4n) is 1.08. The smallest absolute Gasteiger partial charge is 0.0508 e. The van der Waals surface area contributed by atoms with E-state index in [4.69, 9.17) is 5.73 Å². The molecule has 0 atom stereocenters. The number of hydrogen-bond acceptors (Lipinski definition) is 2. The average molecular weight is 229 g/mol. The Morgan fingerprint density at radius 1 is 1.42 bits per heavy atom. The lowest BCUT2D eigenvalue weighted by molar-refractivity contribution is 0.884. The lowest BCUT2D eigenvalue weighted by Crippen LogP contribution is -2.25. The molecule has 2 N–H and O–H groups in total. The summed E-state index contributed by atoms with van der Waals surface area (Å²) < 4.78 is 1.11. The first-order chi connectivity index (χ1) is 5.75. The number of anilines is 1. The third-order valence-corrected chi connectivity index (χ3v) is 2.40. The molecule has 0 fully saturated rings. The molecule has 1 aromatic carbocycles. The lowest BCUT2D eigenvalue weighted by Gasteiger charge is -2.19. The molecule has 0 aliphatic heterocycles. The Hall–Kier alpha value is -0.540. The van der Waals surface area contributed by atoms with Crippen LogP contribution in [0.1, 0.15) is 0 Å². The summed E-state index contributed by atoms with van der Waals surface area (Å²) in [5.41, 5.74) is 6.64. The molecule has 66 valence electrons. The van der Waals surface area contributed by atoms with Gasteiger partial charge >= 0.3 is 0 Å². The molecule has 1 rings (SSSR count). The Morgan fingerprint density at radius 3 is 2.67 bits per heavy atom. The largest absolute Gasteiger partial charge is 0.372 e. The highest BCUT2D eigenvalue weighted by atomic mass is 79.9. The number of likely N-dealkylation sites (N-methyl/N-ethyl adjacent to an activating group) is 1. The average Bonchev–Trinajstić information content (AvgIpc) is 2.05. The van der Waals surface area contributed by atoms with Crippen LogP contribution < -0.4 is 10.6 Å². The maximum atomic E-state index is 5.46. The number of rotatable bonds is 3. The van der Waals surface area contributed by atoms with Crippen LogP contribution >= 0.6 is 15.9 Å². The summed E-state index contributed by atoms with van der Waals surface area (Å²) in [6.45, 7) is 1.56. The van der Waals surface area contributed by atoms with E-state index in [2.05, 4.69) is 26.9 Å². The quantitative estimate of drug-likeness (QED) is 0.856. The highest BCUT2D eigenvalue weighted by molar-refractivity contribution is 9.10. The first-order valence-electron chi connectivity index (χ1n) is 3.91. The van der Waals surface area contributed by atoms with Gasteiger partial charge in [0.15, 0.2) is 0 Å². The molecule has 0 saturated carbocycles. The molecule has 12 heavy (non-hydrogen) atoms. The summed E-state index contributed by atoms with van der Waals surface area (Å²) in [6, 6.07) is 8.12. The van der Waals surface area contributed by atoms with Crippen molar-refractivity contribution in [3.8, 4) is 0 Å². The molecule has 0 aliphatic rings. The molecule has 1 aromatic rings. The third kappa shape index (κ3) is 2.22. The third-order valence-electron chi connectivity index (χ3n) is 1.73. The van der Waals surface area contributed by atoms with Crippen molar-refractivity contribution in [3.63, 3.8) is 0 Å². The molecular weight excluding hydrogens is 216 g/mol. The summed E-state index contributed by atoms with van der Waals surface area (Å²) in [6.07, 6.45) is 0. The van der Waals surface area contributed by atoms with E-state index in [1.54, 1.807) is 0 Å². The SMILES string of the molecule is CN(CCN)c1ccccc1Br. The number of halogens is 1. The monoisotopic (exact) mass is 228 g/mol. The molecule has 3 heteroatoms. The number of benzene rings is 1. The first-order valence-corrected chi connectivity index (χ1v) is 4.70. The lowest BCUT2D eigenvalue weighted by atomic mass is 10.3. The van der Waals surface area contributed by atoms with Crippen LogP contribution in [0, 0.1) is 0 Å².